The third-order valence-corrected chi connectivity index (χ3v) is 11.9. The minimum absolute atomic E-state index is 0.0382. The molecule has 0 bridgehead atoms. The van der Waals surface area contributed by atoms with Gasteiger partial charge in [-0.2, -0.15) is 0 Å². The van der Waals surface area contributed by atoms with Gasteiger partial charge in [0.15, 0.2) is 0 Å². The van der Waals surface area contributed by atoms with Crippen molar-refractivity contribution in [3.8, 4) is 0 Å². The molecule has 34 heavy (non-hydrogen) atoms. The fourth-order valence-electron chi connectivity index (χ4n) is 9.86. The molecule has 7 atom stereocenters. The van der Waals surface area contributed by atoms with Gasteiger partial charge < -0.3 is 4.74 Å². The van der Waals surface area contributed by atoms with Gasteiger partial charge in [0.1, 0.15) is 6.10 Å². The zero-order chi connectivity index (χ0) is 25.1. The summed E-state index contributed by atoms with van der Waals surface area (Å²) in [7, 11) is 0. The topological polar surface area (TPSA) is 26.3 Å². The van der Waals surface area contributed by atoms with Crippen LogP contribution in [0.2, 0.25) is 0 Å². The van der Waals surface area contributed by atoms with Crippen LogP contribution in [0.25, 0.3) is 0 Å². The van der Waals surface area contributed by atoms with E-state index in [-0.39, 0.29) is 22.9 Å². The molecule has 0 saturated heterocycles. The summed E-state index contributed by atoms with van der Waals surface area (Å²) in [5, 5.41) is 0. The van der Waals surface area contributed by atoms with Crippen molar-refractivity contribution in [2.45, 2.75) is 133 Å². The van der Waals surface area contributed by atoms with E-state index in [4.69, 9.17) is 4.74 Å². The van der Waals surface area contributed by atoms with Crippen LogP contribution in [-0.4, -0.2) is 12.1 Å². The molecular weight excluding hydrogens is 416 g/mol. The highest BCUT2D eigenvalue weighted by Crippen LogP contribution is 2.72. The summed E-state index contributed by atoms with van der Waals surface area (Å²) in [6, 6.07) is 0. The average Bonchev–Trinajstić information content (AvgIpc) is 3.01. The van der Waals surface area contributed by atoms with Crippen LogP contribution in [0, 0.1) is 39.4 Å². The SMILES string of the molecule is CC(=O)O[C@H]1CCC2(C)C3=C(CCC2C1(C)C)C1(C)CCC(C(C)CCC=C(C)C)C1(C)CC3. The summed E-state index contributed by atoms with van der Waals surface area (Å²) < 4.78 is 5.87. The van der Waals surface area contributed by atoms with Crippen LogP contribution in [-0.2, 0) is 9.53 Å². The number of carbonyl (C=O) groups is 1. The molecule has 0 aromatic rings. The Balaban J connectivity index is 1.63. The van der Waals surface area contributed by atoms with E-state index in [2.05, 4.69) is 61.5 Å². The quantitative estimate of drug-likeness (QED) is 0.297. The molecule has 2 heteroatoms. The molecule has 0 aliphatic heterocycles. The van der Waals surface area contributed by atoms with E-state index in [1.807, 2.05) is 11.1 Å². The van der Waals surface area contributed by atoms with Gasteiger partial charge in [0.05, 0.1) is 0 Å². The lowest BCUT2D eigenvalue weighted by Gasteiger charge is -2.62. The molecule has 0 aromatic heterocycles. The van der Waals surface area contributed by atoms with Crippen LogP contribution in [0.5, 0.6) is 0 Å². The molecule has 2 nitrogen and oxygen atoms in total. The van der Waals surface area contributed by atoms with Crippen molar-refractivity contribution in [2.24, 2.45) is 39.4 Å². The van der Waals surface area contributed by atoms with E-state index < -0.39 is 0 Å². The lowest BCUT2D eigenvalue weighted by atomic mass is 9.43. The Morgan fingerprint density at radius 2 is 1.68 bits per heavy atom. The van der Waals surface area contributed by atoms with Crippen LogP contribution in [0.3, 0.4) is 0 Å². The Morgan fingerprint density at radius 3 is 2.32 bits per heavy atom. The number of hydrogen-bond donors (Lipinski definition) is 0. The van der Waals surface area contributed by atoms with Gasteiger partial charge in [-0.05, 0) is 112 Å². The summed E-state index contributed by atoms with van der Waals surface area (Å²) in [5.74, 6) is 2.13. The van der Waals surface area contributed by atoms with E-state index in [0.29, 0.717) is 16.7 Å². The number of ether oxygens (including phenoxy) is 1. The van der Waals surface area contributed by atoms with Crippen molar-refractivity contribution in [3.05, 3.63) is 22.8 Å². The Morgan fingerprint density at radius 1 is 0.971 bits per heavy atom. The van der Waals surface area contributed by atoms with Crippen molar-refractivity contribution in [1.29, 1.82) is 0 Å². The van der Waals surface area contributed by atoms with Gasteiger partial charge in [-0.3, -0.25) is 4.79 Å². The number of rotatable bonds is 5. The minimum Gasteiger partial charge on any atom is -0.462 e. The molecule has 2 saturated carbocycles. The molecule has 0 aromatic carbocycles. The van der Waals surface area contributed by atoms with Gasteiger partial charge in [0.25, 0.3) is 0 Å². The fraction of sp³-hybridized carbons (Fsp3) is 0.844. The van der Waals surface area contributed by atoms with Gasteiger partial charge in [-0.1, -0.05) is 64.3 Å². The minimum atomic E-state index is -0.117. The standard InChI is InChI=1S/C32H52O2/c1-21(2)11-10-12-22(3)24-15-19-32(9)26-13-14-27-29(5,6)28(34-23(4)33)17-18-30(27,7)25(26)16-20-31(24,32)8/h11,22,24,27-28H,10,12-20H2,1-9H3/t22?,24?,27?,28-,30?,31?,32?/m0/s1. The summed E-state index contributed by atoms with van der Waals surface area (Å²) in [5.41, 5.74) is 6.25. The lowest BCUT2D eigenvalue weighted by molar-refractivity contribution is -0.167. The molecule has 0 N–H and O–H groups in total. The number of esters is 1. The Kier molecular flexibility index (Phi) is 6.74. The maximum Gasteiger partial charge on any atom is 0.302 e. The normalized spacial score (nSPS) is 41.7. The first-order valence-electron chi connectivity index (χ1n) is 14.3. The Labute approximate surface area is 210 Å². The van der Waals surface area contributed by atoms with Crippen LogP contribution in [0.15, 0.2) is 22.8 Å². The highest BCUT2D eigenvalue weighted by Gasteiger charge is 2.63. The molecule has 0 spiro atoms. The van der Waals surface area contributed by atoms with Crippen LogP contribution in [0.4, 0.5) is 0 Å². The van der Waals surface area contributed by atoms with E-state index in [1.54, 1.807) is 6.92 Å². The maximum atomic E-state index is 11.8. The van der Waals surface area contributed by atoms with Crippen molar-refractivity contribution >= 4 is 5.97 Å². The zero-order valence-electron chi connectivity index (χ0n) is 23.8. The van der Waals surface area contributed by atoms with Gasteiger partial charge >= 0.3 is 5.97 Å². The average molecular weight is 469 g/mol. The predicted molar refractivity (Wildman–Crippen MR) is 142 cm³/mol. The summed E-state index contributed by atoms with van der Waals surface area (Å²) >= 11 is 0. The highest BCUT2D eigenvalue weighted by atomic mass is 16.5. The molecule has 0 heterocycles. The van der Waals surface area contributed by atoms with Crippen molar-refractivity contribution in [1.82, 2.24) is 0 Å². The van der Waals surface area contributed by atoms with E-state index in [0.717, 1.165) is 18.3 Å². The van der Waals surface area contributed by atoms with E-state index in [9.17, 15) is 4.79 Å². The Bertz CT molecular complexity index is 873. The van der Waals surface area contributed by atoms with Crippen molar-refractivity contribution < 1.29 is 9.53 Å². The number of allylic oxidation sites excluding steroid dienone is 4. The van der Waals surface area contributed by atoms with Crippen LogP contribution in [0.1, 0.15) is 127 Å². The third kappa shape index (κ3) is 3.85. The van der Waals surface area contributed by atoms with Gasteiger partial charge in [-0.25, -0.2) is 0 Å². The summed E-state index contributed by atoms with van der Waals surface area (Å²) in [6.07, 6.45) is 15.2. The highest BCUT2D eigenvalue weighted by molar-refractivity contribution is 5.66. The summed E-state index contributed by atoms with van der Waals surface area (Å²) in [6.45, 7) is 21.2. The largest absolute Gasteiger partial charge is 0.462 e. The summed E-state index contributed by atoms with van der Waals surface area (Å²) in [4.78, 5) is 11.8. The fourth-order valence-corrected chi connectivity index (χ4v) is 9.86. The van der Waals surface area contributed by atoms with Gasteiger partial charge in [0.2, 0.25) is 0 Å². The first-order chi connectivity index (χ1) is 15.8. The molecule has 6 unspecified atom stereocenters. The Hall–Kier alpha value is -1.05. The third-order valence-electron chi connectivity index (χ3n) is 11.9. The van der Waals surface area contributed by atoms with E-state index in [1.165, 1.54) is 63.4 Å². The van der Waals surface area contributed by atoms with Gasteiger partial charge in [-0.15, -0.1) is 0 Å². The zero-order valence-corrected chi connectivity index (χ0v) is 23.8. The number of hydrogen-bond acceptors (Lipinski definition) is 2. The molecule has 4 aliphatic carbocycles. The molecule has 0 radical (unpaired) electrons. The lowest BCUT2D eigenvalue weighted by Crippen LogP contribution is -2.55. The first kappa shape index (κ1) is 26.0. The van der Waals surface area contributed by atoms with E-state index >= 15 is 0 Å². The first-order valence-corrected chi connectivity index (χ1v) is 14.3. The predicted octanol–water partition coefficient (Wildman–Crippen LogP) is 9.05. The second kappa shape index (κ2) is 8.81. The number of carbonyl (C=O) groups excluding carboxylic acids is 1. The maximum absolute atomic E-state index is 11.8. The molecule has 192 valence electrons. The van der Waals surface area contributed by atoms with Crippen molar-refractivity contribution in [2.75, 3.05) is 0 Å². The molecular formula is C32H52O2. The number of fused-ring (bicyclic) bond motifs is 4. The van der Waals surface area contributed by atoms with Crippen LogP contribution < -0.4 is 0 Å². The molecule has 0 amide bonds. The van der Waals surface area contributed by atoms with Gasteiger partial charge in [0, 0.05) is 12.3 Å². The molecule has 4 rings (SSSR count). The smallest absolute Gasteiger partial charge is 0.302 e. The van der Waals surface area contributed by atoms with Crippen molar-refractivity contribution in [3.63, 3.8) is 0 Å². The van der Waals surface area contributed by atoms with Crippen LogP contribution >= 0.6 is 0 Å². The second-order valence-electron chi connectivity index (χ2n) is 14.2. The monoisotopic (exact) mass is 468 g/mol. The molecule has 4 aliphatic rings. The second-order valence-corrected chi connectivity index (χ2v) is 14.2. The molecule has 2 fully saturated rings.